The van der Waals surface area contributed by atoms with E-state index in [1.165, 1.54) is 12.3 Å². The largest absolute Gasteiger partial charge is 0.478 e. The zero-order chi connectivity index (χ0) is 14.8. The van der Waals surface area contributed by atoms with Crippen molar-refractivity contribution in [2.75, 3.05) is 41.7 Å². The molecule has 1 fully saturated rings. The van der Waals surface area contributed by atoms with Crippen LogP contribution in [0.1, 0.15) is 10.4 Å². The monoisotopic (exact) mass is 305 g/mol. The number of rotatable bonds is 3. The lowest BCUT2D eigenvalue weighted by Crippen LogP contribution is -2.47. The molecule has 8 heteroatoms. The zero-order valence-electron chi connectivity index (χ0n) is 11.3. The predicted octanol–water partition coefficient (Wildman–Crippen LogP) is 1.15. The Kier molecular flexibility index (Phi) is 3.61. The van der Waals surface area contributed by atoms with Crippen molar-refractivity contribution < 1.29 is 9.90 Å². The molecule has 1 saturated heterocycles. The molecule has 3 N–H and O–H groups in total. The highest BCUT2D eigenvalue weighted by atomic mass is 32.1. The van der Waals surface area contributed by atoms with Crippen LogP contribution in [0.4, 0.5) is 16.6 Å². The van der Waals surface area contributed by atoms with Crippen molar-refractivity contribution in [3.8, 4) is 0 Å². The standard InChI is InChI=1S/C13H15N5O2S/c14-9-7-10(12(19)20)11(16-8-9)17-2-4-18(5-3-17)13-15-1-6-21-13/h1,6-8H,2-5,14H2,(H,19,20). The average Bonchev–Trinajstić information content (AvgIpc) is 3.01. The predicted molar refractivity (Wildman–Crippen MR) is 82.1 cm³/mol. The summed E-state index contributed by atoms with van der Waals surface area (Å²) in [5.41, 5.74) is 6.13. The van der Waals surface area contributed by atoms with Gasteiger partial charge in [0.2, 0.25) is 0 Å². The number of aromatic nitrogens is 2. The van der Waals surface area contributed by atoms with Gasteiger partial charge in [-0.1, -0.05) is 0 Å². The molecular weight excluding hydrogens is 290 g/mol. The van der Waals surface area contributed by atoms with Gasteiger partial charge in [0, 0.05) is 37.8 Å². The van der Waals surface area contributed by atoms with E-state index in [2.05, 4.69) is 14.9 Å². The second-order valence-electron chi connectivity index (χ2n) is 4.73. The summed E-state index contributed by atoms with van der Waals surface area (Å²) in [6, 6.07) is 1.46. The Morgan fingerprint density at radius 3 is 2.57 bits per heavy atom. The van der Waals surface area contributed by atoms with Crippen molar-refractivity contribution >= 4 is 33.9 Å². The molecule has 7 nitrogen and oxygen atoms in total. The van der Waals surface area contributed by atoms with Gasteiger partial charge < -0.3 is 20.6 Å². The van der Waals surface area contributed by atoms with Gasteiger partial charge in [0.1, 0.15) is 11.4 Å². The van der Waals surface area contributed by atoms with E-state index in [0.29, 0.717) is 24.6 Å². The summed E-state index contributed by atoms with van der Waals surface area (Å²) in [5.74, 6) is -0.525. The van der Waals surface area contributed by atoms with Crippen LogP contribution in [-0.4, -0.2) is 47.2 Å². The highest BCUT2D eigenvalue weighted by molar-refractivity contribution is 7.13. The number of thiazole rings is 1. The molecule has 0 bridgehead atoms. The SMILES string of the molecule is Nc1cnc(N2CCN(c3nccs3)CC2)c(C(=O)O)c1. The number of carboxylic acid groups (broad SMARTS) is 1. The third-order valence-corrected chi connectivity index (χ3v) is 4.22. The van der Waals surface area contributed by atoms with Gasteiger partial charge in [0.05, 0.1) is 11.9 Å². The second kappa shape index (κ2) is 5.57. The van der Waals surface area contributed by atoms with Crippen LogP contribution in [0.25, 0.3) is 0 Å². The Labute approximate surface area is 125 Å². The first-order valence-corrected chi connectivity index (χ1v) is 7.41. The van der Waals surface area contributed by atoms with E-state index in [4.69, 9.17) is 5.73 Å². The summed E-state index contributed by atoms with van der Waals surface area (Å²) in [4.78, 5) is 24.0. The molecule has 2 aromatic rings. The van der Waals surface area contributed by atoms with Gasteiger partial charge in [-0.3, -0.25) is 0 Å². The van der Waals surface area contributed by atoms with Gasteiger partial charge in [-0.15, -0.1) is 11.3 Å². The van der Waals surface area contributed by atoms with Gasteiger partial charge in [0.25, 0.3) is 0 Å². The molecule has 3 rings (SSSR count). The molecule has 1 aliphatic heterocycles. The number of carbonyl (C=O) groups is 1. The third kappa shape index (κ3) is 2.75. The van der Waals surface area contributed by atoms with Crippen LogP contribution < -0.4 is 15.5 Å². The minimum absolute atomic E-state index is 0.151. The lowest BCUT2D eigenvalue weighted by Gasteiger charge is -2.35. The van der Waals surface area contributed by atoms with Crippen LogP contribution in [0.15, 0.2) is 23.8 Å². The maximum Gasteiger partial charge on any atom is 0.339 e. The Bertz CT molecular complexity index is 638. The third-order valence-electron chi connectivity index (χ3n) is 3.39. The molecule has 0 aromatic carbocycles. The fourth-order valence-electron chi connectivity index (χ4n) is 2.36. The van der Waals surface area contributed by atoms with E-state index >= 15 is 0 Å². The van der Waals surface area contributed by atoms with Crippen LogP contribution in [0.5, 0.6) is 0 Å². The molecule has 0 radical (unpaired) electrons. The van der Waals surface area contributed by atoms with E-state index < -0.39 is 5.97 Å². The molecule has 0 aliphatic carbocycles. The maximum atomic E-state index is 11.3. The molecule has 21 heavy (non-hydrogen) atoms. The first kappa shape index (κ1) is 13.6. The van der Waals surface area contributed by atoms with E-state index in [0.717, 1.165) is 18.2 Å². The number of nitrogens with two attached hydrogens (primary N) is 1. The van der Waals surface area contributed by atoms with Crippen LogP contribution in [-0.2, 0) is 0 Å². The number of pyridine rings is 1. The summed E-state index contributed by atoms with van der Waals surface area (Å²) < 4.78 is 0. The van der Waals surface area contributed by atoms with Crippen LogP contribution in [0.3, 0.4) is 0 Å². The van der Waals surface area contributed by atoms with Gasteiger partial charge >= 0.3 is 5.97 Å². The number of aromatic carboxylic acids is 1. The quantitative estimate of drug-likeness (QED) is 0.878. The number of nitrogen functional groups attached to an aromatic ring is 1. The Morgan fingerprint density at radius 1 is 1.24 bits per heavy atom. The van der Waals surface area contributed by atoms with Crippen molar-refractivity contribution in [1.29, 1.82) is 0 Å². The maximum absolute atomic E-state index is 11.3. The first-order chi connectivity index (χ1) is 10.1. The van der Waals surface area contributed by atoms with Crippen molar-refractivity contribution in [1.82, 2.24) is 9.97 Å². The molecule has 3 heterocycles. The number of piperazine rings is 1. The smallest absolute Gasteiger partial charge is 0.339 e. The molecule has 0 amide bonds. The lowest BCUT2D eigenvalue weighted by molar-refractivity contribution is 0.0697. The van der Waals surface area contributed by atoms with Crippen molar-refractivity contribution in [3.05, 3.63) is 29.4 Å². The van der Waals surface area contributed by atoms with E-state index in [-0.39, 0.29) is 5.56 Å². The number of anilines is 3. The van der Waals surface area contributed by atoms with Gasteiger partial charge in [-0.2, -0.15) is 0 Å². The summed E-state index contributed by atoms with van der Waals surface area (Å²) in [6.45, 7) is 2.99. The van der Waals surface area contributed by atoms with Crippen LogP contribution in [0.2, 0.25) is 0 Å². The van der Waals surface area contributed by atoms with Crippen molar-refractivity contribution in [2.24, 2.45) is 0 Å². The summed E-state index contributed by atoms with van der Waals surface area (Å²) in [5, 5.41) is 12.2. The van der Waals surface area contributed by atoms with E-state index in [9.17, 15) is 9.90 Å². The van der Waals surface area contributed by atoms with Gasteiger partial charge in [-0.05, 0) is 6.07 Å². The number of carboxylic acids is 1. The molecule has 0 unspecified atom stereocenters. The van der Waals surface area contributed by atoms with Gasteiger partial charge in [-0.25, -0.2) is 14.8 Å². The summed E-state index contributed by atoms with van der Waals surface area (Å²) >= 11 is 1.61. The molecule has 1 aliphatic rings. The molecule has 110 valence electrons. The van der Waals surface area contributed by atoms with E-state index in [1.54, 1.807) is 17.5 Å². The fourth-order valence-corrected chi connectivity index (χ4v) is 3.06. The summed E-state index contributed by atoms with van der Waals surface area (Å²) in [7, 11) is 0. The van der Waals surface area contributed by atoms with E-state index in [1.807, 2.05) is 10.3 Å². The molecule has 0 atom stereocenters. The molecule has 2 aromatic heterocycles. The van der Waals surface area contributed by atoms with Crippen LogP contribution >= 0.6 is 11.3 Å². The Morgan fingerprint density at radius 2 is 1.95 bits per heavy atom. The van der Waals surface area contributed by atoms with Crippen molar-refractivity contribution in [3.63, 3.8) is 0 Å². The number of hydrogen-bond donors (Lipinski definition) is 2. The molecule has 0 spiro atoms. The molecule has 0 saturated carbocycles. The highest BCUT2D eigenvalue weighted by Gasteiger charge is 2.23. The average molecular weight is 305 g/mol. The van der Waals surface area contributed by atoms with Crippen molar-refractivity contribution in [2.45, 2.75) is 0 Å². The normalized spacial score (nSPS) is 15.2. The Balaban J connectivity index is 1.76. The van der Waals surface area contributed by atoms with Crippen LogP contribution in [0, 0.1) is 0 Å². The fraction of sp³-hybridized carbons (Fsp3) is 0.308. The van der Waals surface area contributed by atoms with Gasteiger partial charge in [0.15, 0.2) is 5.13 Å². The zero-order valence-corrected chi connectivity index (χ0v) is 12.1. The summed E-state index contributed by atoms with van der Waals surface area (Å²) in [6.07, 6.45) is 3.28. The minimum atomic E-state index is -1.01. The second-order valence-corrected chi connectivity index (χ2v) is 5.61. The highest BCUT2D eigenvalue weighted by Crippen LogP contribution is 2.24. The first-order valence-electron chi connectivity index (χ1n) is 6.53. The minimum Gasteiger partial charge on any atom is -0.478 e. The topological polar surface area (TPSA) is 95.6 Å². The number of nitrogens with zero attached hydrogens (tertiary/aromatic N) is 4. The Hall–Kier alpha value is -2.35. The molecular formula is C13H15N5O2S. The number of hydrogen-bond acceptors (Lipinski definition) is 7. The lowest BCUT2D eigenvalue weighted by atomic mass is 10.2.